The van der Waals surface area contributed by atoms with E-state index in [-0.39, 0.29) is 5.60 Å². The van der Waals surface area contributed by atoms with Gasteiger partial charge in [-0.2, -0.15) is 0 Å². The van der Waals surface area contributed by atoms with Crippen LogP contribution in [0.2, 0.25) is 0 Å². The van der Waals surface area contributed by atoms with Gasteiger partial charge in [0.2, 0.25) is 0 Å². The monoisotopic (exact) mass is 293 g/mol. The number of aryl methyl sites for hydroxylation is 2. The van der Waals surface area contributed by atoms with Crippen molar-refractivity contribution >= 4 is 11.3 Å². The van der Waals surface area contributed by atoms with E-state index in [0.29, 0.717) is 12.1 Å². The van der Waals surface area contributed by atoms with Crippen LogP contribution >= 0.6 is 11.3 Å². The van der Waals surface area contributed by atoms with Gasteiger partial charge in [-0.15, -0.1) is 11.3 Å². The minimum Gasteiger partial charge on any atom is -0.375 e. The van der Waals surface area contributed by atoms with Crippen LogP contribution in [0.4, 0.5) is 0 Å². The molecule has 2 unspecified atom stereocenters. The third-order valence-corrected chi connectivity index (χ3v) is 6.02. The first-order chi connectivity index (χ1) is 9.58. The molecule has 3 heteroatoms. The minimum absolute atomic E-state index is 0.218. The Morgan fingerprint density at radius 2 is 2.10 bits per heavy atom. The molecular weight excluding hydrogens is 266 g/mol. The summed E-state index contributed by atoms with van der Waals surface area (Å²) in [6.07, 6.45) is 7.62. The second-order valence-corrected chi connectivity index (χ2v) is 8.15. The Hall–Kier alpha value is -0.380. The van der Waals surface area contributed by atoms with Gasteiger partial charge in [0.25, 0.3) is 0 Å². The van der Waals surface area contributed by atoms with E-state index in [4.69, 9.17) is 4.74 Å². The Kier molecular flexibility index (Phi) is 4.21. The molecule has 0 aromatic carbocycles. The summed E-state index contributed by atoms with van der Waals surface area (Å²) < 4.78 is 6.13. The third kappa shape index (κ3) is 2.95. The van der Waals surface area contributed by atoms with Crippen molar-refractivity contribution in [2.75, 3.05) is 6.61 Å². The average Bonchev–Trinajstić information content (AvgIpc) is 2.96. The van der Waals surface area contributed by atoms with Crippen molar-refractivity contribution in [2.45, 2.75) is 77.0 Å². The van der Waals surface area contributed by atoms with E-state index >= 15 is 0 Å². The standard InChI is InChI=1S/C17H27NOS/c1-12-10-16(14(3)20-12)13(2)18-15-6-9-19-17(11-15)7-4-5-8-17/h10,13,15,18H,4-9,11H2,1-3H3. The summed E-state index contributed by atoms with van der Waals surface area (Å²) in [7, 11) is 0. The smallest absolute Gasteiger partial charge is 0.0697 e. The van der Waals surface area contributed by atoms with Crippen LogP contribution in [0.1, 0.15) is 66.8 Å². The highest BCUT2D eigenvalue weighted by atomic mass is 32.1. The van der Waals surface area contributed by atoms with Crippen LogP contribution in [0, 0.1) is 13.8 Å². The topological polar surface area (TPSA) is 21.3 Å². The number of hydrogen-bond acceptors (Lipinski definition) is 3. The lowest BCUT2D eigenvalue weighted by atomic mass is 9.88. The summed E-state index contributed by atoms with van der Waals surface area (Å²) >= 11 is 1.91. The van der Waals surface area contributed by atoms with Crippen LogP contribution in [-0.4, -0.2) is 18.2 Å². The van der Waals surface area contributed by atoms with Crippen LogP contribution in [0.3, 0.4) is 0 Å². The van der Waals surface area contributed by atoms with Gasteiger partial charge in [0, 0.05) is 28.4 Å². The second-order valence-electron chi connectivity index (χ2n) is 6.69. The van der Waals surface area contributed by atoms with Crippen LogP contribution in [0.15, 0.2) is 6.07 Å². The quantitative estimate of drug-likeness (QED) is 0.885. The maximum absolute atomic E-state index is 6.13. The van der Waals surface area contributed by atoms with Gasteiger partial charge in [0.05, 0.1) is 5.60 Å². The molecule has 2 nitrogen and oxygen atoms in total. The molecule has 0 amide bonds. The average molecular weight is 293 g/mol. The normalized spacial score (nSPS) is 27.1. The van der Waals surface area contributed by atoms with E-state index in [2.05, 4.69) is 32.2 Å². The van der Waals surface area contributed by atoms with Gasteiger partial charge in [0.1, 0.15) is 0 Å². The molecule has 112 valence electrons. The Bertz CT molecular complexity index is 462. The maximum atomic E-state index is 6.13. The highest BCUT2D eigenvalue weighted by Crippen LogP contribution is 2.40. The minimum atomic E-state index is 0.218. The molecule has 1 saturated heterocycles. The van der Waals surface area contributed by atoms with Crippen LogP contribution in [0.5, 0.6) is 0 Å². The molecule has 2 aliphatic rings. The lowest BCUT2D eigenvalue weighted by Gasteiger charge is -2.39. The van der Waals surface area contributed by atoms with Crippen LogP contribution < -0.4 is 5.32 Å². The molecule has 2 heterocycles. The van der Waals surface area contributed by atoms with E-state index in [1.54, 1.807) is 0 Å². The van der Waals surface area contributed by atoms with Crippen molar-refractivity contribution in [3.8, 4) is 0 Å². The predicted molar refractivity (Wildman–Crippen MR) is 85.5 cm³/mol. The predicted octanol–water partition coefficient (Wildman–Crippen LogP) is 4.51. The van der Waals surface area contributed by atoms with E-state index in [0.717, 1.165) is 13.0 Å². The van der Waals surface area contributed by atoms with Crippen molar-refractivity contribution in [1.29, 1.82) is 0 Å². The summed E-state index contributed by atoms with van der Waals surface area (Å²) in [4.78, 5) is 2.88. The number of nitrogens with one attached hydrogen (secondary N) is 1. The van der Waals surface area contributed by atoms with Gasteiger partial charge < -0.3 is 10.1 Å². The van der Waals surface area contributed by atoms with Gasteiger partial charge in [-0.3, -0.25) is 0 Å². The van der Waals surface area contributed by atoms with E-state index in [1.807, 2.05) is 11.3 Å². The van der Waals surface area contributed by atoms with Gasteiger partial charge in [0.15, 0.2) is 0 Å². The van der Waals surface area contributed by atoms with Gasteiger partial charge >= 0.3 is 0 Å². The molecule has 3 rings (SSSR count). The van der Waals surface area contributed by atoms with Crippen LogP contribution in [-0.2, 0) is 4.74 Å². The lowest BCUT2D eigenvalue weighted by Crippen LogP contribution is -2.46. The Balaban J connectivity index is 1.63. The highest BCUT2D eigenvalue weighted by molar-refractivity contribution is 7.12. The Labute approximate surface area is 126 Å². The number of thiophene rings is 1. The molecule has 1 spiro atoms. The van der Waals surface area contributed by atoms with Crippen molar-refractivity contribution < 1.29 is 4.74 Å². The molecule has 2 fully saturated rings. The Morgan fingerprint density at radius 3 is 2.75 bits per heavy atom. The molecule has 0 bridgehead atoms. The largest absolute Gasteiger partial charge is 0.375 e. The number of rotatable bonds is 3. The van der Waals surface area contributed by atoms with Crippen molar-refractivity contribution in [3.05, 3.63) is 21.4 Å². The molecule has 1 saturated carbocycles. The zero-order chi connectivity index (χ0) is 14.2. The molecule has 2 atom stereocenters. The molecule has 1 aromatic heterocycles. The van der Waals surface area contributed by atoms with Gasteiger partial charge in [-0.05, 0) is 58.1 Å². The van der Waals surface area contributed by atoms with Gasteiger partial charge in [-0.1, -0.05) is 12.8 Å². The Morgan fingerprint density at radius 1 is 1.35 bits per heavy atom. The summed E-state index contributed by atoms with van der Waals surface area (Å²) in [5.74, 6) is 0. The summed E-state index contributed by atoms with van der Waals surface area (Å²) in [5.41, 5.74) is 1.70. The second kappa shape index (κ2) is 5.78. The highest BCUT2D eigenvalue weighted by Gasteiger charge is 2.40. The number of hydrogen-bond donors (Lipinski definition) is 1. The van der Waals surface area contributed by atoms with E-state index < -0.39 is 0 Å². The van der Waals surface area contributed by atoms with Gasteiger partial charge in [-0.25, -0.2) is 0 Å². The van der Waals surface area contributed by atoms with E-state index in [9.17, 15) is 0 Å². The summed E-state index contributed by atoms with van der Waals surface area (Å²) in [6, 6.07) is 3.43. The molecular formula is C17H27NOS. The fourth-order valence-electron chi connectivity index (χ4n) is 4.06. The summed E-state index contributed by atoms with van der Waals surface area (Å²) in [5, 5.41) is 3.87. The lowest BCUT2D eigenvalue weighted by molar-refractivity contribution is -0.0846. The third-order valence-electron chi connectivity index (χ3n) is 5.04. The maximum Gasteiger partial charge on any atom is 0.0697 e. The van der Waals surface area contributed by atoms with Crippen LogP contribution in [0.25, 0.3) is 0 Å². The SMILES string of the molecule is Cc1cc(C(C)NC2CCOC3(CCCC3)C2)c(C)s1. The molecule has 1 aliphatic heterocycles. The van der Waals surface area contributed by atoms with Crippen molar-refractivity contribution in [2.24, 2.45) is 0 Å². The zero-order valence-electron chi connectivity index (χ0n) is 13.0. The first-order valence-corrected chi connectivity index (χ1v) is 8.87. The summed E-state index contributed by atoms with van der Waals surface area (Å²) in [6.45, 7) is 7.70. The molecule has 1 aromatic rings. The molecule has 0 radical (unpaired) electrons. The molecule has 20 heavy (non-hydrogen) atoms. The van der Waals surface area contributed by atoms with Crippen molar-refractivity contribution in [3.63, 3.8) is 0 Å². The zero-order valence-corrected chi connectivity index (χ0v) is 13.8. The first-order valence-electron chi connectivity index (χ1n) is 8.05. The fourth-order valence-corrected chi connectivity index (χ4v) is 5.08. The first kappa shape index (κ1) is 14.6. The fraction of sp³-hybridized carbons (Fsp3) is 0.765. The van der Waals surface area contributed by atoms with E-state index in [1.165, 1.54) is 47.4 Å². The van der Waals surface area contributed by atoms with Crippen molar-refractivity contribution in [1.82, 2.24) is 5.32 Å². The molecule has 1 N–H and O–H groups in total. The molecule has 1 aliphatic carbocycles. The number of ether oxygens (including phenoxy) is 1.